The van der Waals surface area contributed by atoms with E-state index in [0.717, 1.165) is 49.5 Å². The second-order valence-corrected chi connectivity index (χ2v) is 8.54. The zero-order valence-electron chi connectivity index (χ0n) is 17.0. The van der Waals surface area contributed by atoms with Crippen molar-refractivity contribution in [1.29, 1.82) is 0 Å². The molecule has 6 heteroatoms. The summed E-state index contributed by atoms with van der Waals surface area (Å²) in [4.78, 5) is 23.7. The number of hydrogen-bond donors (Lipinski definition) is 0. The van der Waals surface area contributed by atoms with Crippen LogP contribution in [-0.4, -0.2) is 18.9 Å². The van der Waals surface area contributed by atoms with Crippen LogP contribution in [0.1, 0.15) is 5.56 Å². The van der Waals surface area contributed by atoms with Crippen LogP contribution in [0.3, 0.4) is 0 Å². The van der Waals surface area contributed by atoms with E-state index in [1.807, 2.05) is 84.1 Å². The number of benzene rings is 3. The molecule has 0 aliphatic rings. The Balaban J connectivity index is 1.83. The average molecular weight is 435 g/mol. The lowest BCUT2D eigenvalue weighted by atomic mass is 10.1. The lowest BCUT2D eigenvalue weighted by Crippen LogP contribution is -2.14. The zero-order chi connectivity index (χ0) is 21.6. The molecule has 0 saturated heterocycles. The third-order valence-electron chi connectivity index (χ3n) is 6.26. The Labute approximate surface area is 186 Å². The molecule has 3 aromatic carbocycles. The minimum atomic E-state index is -0.106. The summed E-state index contributed by atoms with van der Waals surface area (Å²) in [7, 11) is 0. The quantitative estimate of drug-likeness (QED) is 0.302. The van der Waals surface area contributed by atoms with Crippen molar-refractivity contribution in [1.82, 2.24) is 18.9 Å². The summed E-state index contributed by atoms with van der Waals surface area (Å²) in [5.41, 5.74) is 5.64. The van der Waals surface area contributed by atoms with E-state index in [9.17, 15) is 4.79 Å². The summed E-state index contributed by atoms with van der Waals surface area (Å²) >= 11 is 6.38. The molecule has 0 spiro atoms. The first-order valence-electron chi connectivity index (χ1n) is 10.3. The number of rotatable bonds is 1. The Bertz CT molecular complexity index is 1930. The van der Waals surface area contributed by atoms with Crippen molar-refractivity contribution >= 4 is 61.1 Å². The zero-order valence-corrected chi connectivity index (χ0v) is 17.8. The number of halogens is 1. The third-order valence-corrected chi connectivity index (χ3v) is 6.50. The Morgan fingerprint density at radius 2 is 1.59 bits per heavy atom. The van der Waals surface area contributed by atoms with Gasteiger partial charge in [0.25, 0.3) is 5.56 Å². The summed E-state index contributed by atoms with van der Waals surface area (Å²) in [5, 5.41) is 3.46. The highest BCUT2D eigenvalue weighted by molar-refractivity contribution is 6.32. The number of aryl methyl sites for hydroxylation is 1. The third kappa shape index (κ3) is 2.16. The van der Waals surface area contributed by atoms with E-state index in [-0.39, 0.29) is 5.56 Å². The number of hydrogen-bond acceptors (Lipinski definition) is 3. The average Bonchev–Trinajstić information content (AvgIpc) is 3.30. The predicted molar refractivity (Wildman–Crippen MR) is 130 cm³/mol. The van der Waals surface area contributed by atoms with Crippen LogP contribution in [0.4, 0.5) is 0 Å². The van der Waals surface area contributed by atoms with Gasteiger partial charge >= 0.3 is 0 Å². The first-order valence-corrected chi connectivity index (χ1v) is 10.7. The lowest BCUT2D eigenvalue weighted by Gasteiger charge is -2.10. The van der Waals surface area contributed by atoms with Crippen molar-refractivity contribution in [3.05, 3.63) is 93.7 Å². The molecule has 0 saturated carbocycles. The van der Waals surface area contributed by atoms with E-state index in [4.69, 9.17) is 21.6 Å². The Hall–Kier alpha value is -3.96. The monoisotopic (exact) mass is 434 g/mol. The maximum atomic E-state index is 13.8. The minimum absolute atomic E-state index is 0.106. The second kappa shape index (κ2) is 6.05. The molecule has 0 radical (unpaired) electrons. The van der Waals surface area contributed by atoms with Gasteiger partial charge in [-0.3, -0.25) is 9.20 Å². The van der Waals surface area contributed by atoms with E-state index in [2.05, 4.69) is 0 Å². The lowest BCUT2D eigenvalue weighted by molar-refractivity contribution is 1.02. The topological polar surface area (TPSA) is 52.2 Å². The molecule has 0 atom stereocenters. The van der Waals surface area contributed by atoms with E-state index in [0.29, 0.717) is 16.3 Å². The van der Waals surface area contributed by atoms with E-state index in [1.165, 1.54) is 0 Å². The van der Waals surface area contributed by atoms with Gasteiger partial charge in [-0.05, 0) is 48.9 Å². The largest absolute Gasteiger partial charge is 0.282 e. The SMILES string of the molecule is Cc1ccccc1-n1c(=O)c2cc3c4ccccc4nc3c3c4cc(Cl)ccc4nc1n23. The van der Waals surface area contributed by atoms with Gasteiger partial charge in [0.05, 0.1) is 27.8 Å². The molecule has 0 aliphatic carbocycles. The fourth-order valence-electron chi connectivity index (χ4n) is 4.81. The maximum Gasteiger partial charge on any atom is 0.282 e. The van der Waals surface area contributed by atoms with Crippen LogP contribution >= 0.6 is 11.6 Å². The molecule has 0 aliphatic heterocycles. The van der Waals surface area contributed by atoms with Crippen molar-refractivity contribution in [3.63, 3.8) is 0 Å². The highest BCUT2D eigenvalue weighted by atomic mass is 35.5. The molecule has 7 aromatic rings. The standard InChI is InChI=1S/C26H15ClN4O/c1-14-6-2-5-9-21(14)31-25(32)22-13-17-16-7-3-4-8-19(16)28-23(17)24-18-12-15(27)10-11-20(18)29-26(31)30(22)24/h2-13H,1H3. The number of fused-ring (bicyclic) bond motifs is 6. The van der Waals surface area contributed by atoms with Crippen molar-refractivity contribution in [2.24, 2.45) is 0 Å². The molecule has 32 heavy (non-hydrogen) atoms. The van der Waals surface area contributed by atoms with Crippen LogP contribution in [0.15, 0.2) is 77.6 Å². The first kappa shape index (κ1) is 17.7. The van der Waals surface area contributed by atoms with Crippen LogP contribution in [0.5, 0.6) is 0 Å². The molecule has 0 amide bonds. The fourth-order valence-corrected chi connectivity index (χ4v) is 4.99. The molecule has 0 unspecified atom stereocenters. The molecular weight excluding hydrogens is 420 g/mol. The van der Waals surface area contributed by atoms with Crippen LogP contribution in [0.25, 0.3) is 55.2 Å². The Kier molecular flexibility index (Phi) is 3.35. The highest BCUT2D eigenvalue weighted by Crippen LogP contribution is 2.35. The summed E-state index contributed by atoms with van der Waals surface area (Å²) in [6.07, 6.45) is 0. The normalized spacial score (nSPS) is 12.2. The first-order chi connectivity index (χ1) is 15.6. The van der Waals surface area contributed by atoms with E-state index < -0.39 is 0 Å². The molecule has 152 valence electrons. The summed E-state index contributed by atoms with van der Waals surface area (Å²) in [5.74, 6) is 0.568. The van der Waals surface area contributed by atoms with Gasteiger partial charge in [-0.2, -0.15) is 0 Å². The molecule has 7 rings (SSSR count). The highest BCUT2D eigenvalue weighted by Gasteiger charge is 2.23. The molecule has 0 fully saturated rings. The van der Waals surface area contributed by atoms with Gasteiger partial charge in [0.15, 0.2) is 0 Å². The minimum Gasteiger partial charge on any atom is -0.272 e. The van der Waals surface area contributed by atoms with Gasteiger partial charge in [-0.15, -0.1) is 0 Å². The van der Waals surface area contributed by atoms with Crippen molar-refractivity contribution in [3.8, 4) is 5.69 Å². The number of imidazole rings is 1. The van der Waals surface area contributed by atoms with Crippen LogP contribution < -0.4 is 5.56 Å². The second-order valence-electron chi connectivity index (χ2n) is 8.11. The van der Waals surface area contributed by atoms with Gasteiger partial charge in [-0.1, -0.05) is 48.0 Å². The van der Waals surface area contributed by atoms with Crippen molar-refractivity contribution in [2.45, 2.75) is 6.92 Å². The smallest absolute Gasteiger partial charge is 0.272 e. The van der Waals surface area contributed by atoms with Gasteiger partial charge < -0.3 is 0 Å². The Morgan fingerprint density at radius 3 is 2.47 bits per heavy atom. The summed E-state index contributed by atoms with van der Waals surface area (Å²) in [6.45, 7) is 2.00. The molecule has 4 heterocycles. The Morgan fingerprint density at radius 1 is 0.812 bits per heavy atom. The van der Waals surface area contributed by atoms with Gasteiger partial charge in [0.1, 0.15) is 5.52 Å². The van der Waals surface area contributed by atoms with E-state index >= 15 is 0 Å². The van der Waals surface area contributed by atoms with Crippen LogP contribution in [-0.2, 0) is 0 Å². The van der Waals surface area contributed by atoms with Crippen molar-refractivity contribution < 1.29 is 0 Å². The van der Waals surface area contributed by atoms with Crippen LogP contribution in [0, 0.1) is 6.92 Å². The van der Waals surface area contributed by atoms with Gasteiger partial charge in [-0.25, -0.2) is 14.5 Å². The number of para-hydroxylation sites is 2. The maximum absolute atomic E-state index is 13.8. The molecular formula is C26H15ClN4O. The molecule has 0 bridgehead atoms. The molecule has 0 N–H and O–H groups in total. The number of pyridine rings is 1. The van der Waals surface area contributed by atoms with Gasteiger partial charge in [0.2, 0.25) is 5.78 Å². The molecule has 5 nitrogen and oxygen atoms in total. The number of nitrogens with zero attached hydrogens (tertiary/aromatic N) is 4. The fraction of sp³-hybridized carbons (Fsp3) is 0.0385. The van der Waals surface area contributed by atoms with E-state index in [1.54, 1.807) is 4.57 Å². The summed E-state index contributed by atoms with van der Waals surface area (Å²) in [6, 6.07) is 23.4. The number of aromatic nitrogens is 4. The molecule has 4 aromatic heterocycles. The van der Waals surface area contributed by atoms with Crippen LogP contribution in [0.2, 0.25) is 5.02 Å². The summed E-state index contributed by atoms with van der Waals surface area (Å²) < 4.78 is 3.63. The predicted octanol–water partition coefficient (Wildman–Crippen LogP) is 5.89. The van der Waals surface area contributed by atoms with Crippen molar-refractivity contribution in [2.75, 3.05) is 0 Å². The van der Waals surface area contributed by atoms with Gasteiger partial charge in [0, 0.05) is 21.2 Å².